The number of hydrogen-bond acceptors (Lipinski definition) is 0. The quantitative estimate of drug-likeness (QED) is 0.465. The van der Waals surface area contributed by atoms with Gasteiger partial charge in [0.1, 0.15) is 0 Å². The predicted molar refractivity (Wildman–Crippen MR) is 51.2 cm³/mol. The van der Waals surface area contributed by atoms with Gasteiger partial charge in [-0.25, -0.2) is 0 Å². The van der Waals surface area contributed by atoms with E-state index in [9.17, 15) is 0 Å². The van der Waals surface area contributed by atoms with Crippen LogP contribution in [0.2, 0.25) is 21.8 Å². The van der Waals surface area contributed by atoms with Gasteiger partial charge < -0.3 is 0 Å². The second-order valence-electron chi connectivity index (χ2n) is 3.19. The first-order valence-electron chi connectivity index (χ1n) is 3.68. The van der Waals surface area contributed by atoms with E-state index >= 15 is 0 Å². The van der Waals surface area contributed by atoms with E-state index in [-0.39, 0.29) is 25.2 Å². The van der Waals surface area contributed by atoms with Gasteiger partial charge in [-0.05, 0) is 0 Å². The molecule has 0 aliphatic carbocycles. The van der Waals surface area contributed by atoms with Crippen LogP contribution in [0.4, 0.5) is 0 Å². The minimum absolute atomic E-state index is 0.259. The monoisotopic (exact) mass is 262 g/mol. The van der Waals surface area contributed by atoms with Gasteiger partial charge in [-0.1, -0.05) is 0 Å². The van der Waals surface area contributed by atoms with Crippen molar-refractivity contribution in [1.29, 1.82) is 0 Å². The third kappa shape index (κ3) is 1.92. The average molecular weight is 262 g/mol. The molecule has 2 unspecified atom stereocenters. The van der Waals surface area contributed by atoms with E-state index in [1.54, 1.807) is 11.1 Å². The first-order chi connectivity index (χ1) is 4.61. The van der Waals surface area contributed by atoms with Crippen LogP contribution in [0.15, 0.2) is 11.1 Å². The predicted octanol–water partition coefficient (Wildman–Crippen LogP) is 2.66. The zero-order chi connectivity index (χ0) is 7.72. The van der Waals surface area contributed by atoms with E-state index in [2.05, 4.69) is 25.3 Å². The van der Waals surface area contributed by atoms with Crippen molar-refractivity contribution in [2.75, 3.05) is 0 Å². The molecule has 2 atom stereocenters. The van der Waals surface area contributed by atoms with Crippen LogP contribution in [0, 0.1) is 0 Å². The Kier molecular flexibility index (Phi) is 3.13. The Morgan fingerprint density at radius 1 is 0.900 bits per heavy atom. The first kappa shape index (κ1) is 8.95. The summed E-state index contributed by atoms with van der Waals surface area (Å²) in [6.07, 6.45) is 0. The fraction of sp³-hybridized carbons (Fsp3) is 0.750. The van der Waals surface area contributed by atoms with Gasteiger partial charge in [0.15, 0.2) is 0 Å². The third-order valence-corrected chi connectivity index (χ3v) is 24.4. The Balaban J connectivity index is 2.69. The van der Waals surface area contributed by atoms with Crippen LogP contribution in [-0.4, -0.2) is 25.2 Å². The molecule has 0 aromatic rings. The third-order valence-electron chi connectivity index (χ3n) is 2.24. The average Bonchev–Trinajstić information content (AvgIpc) is 1.84. The zero-order valence-corrected chi connectivity index (χ0v) is 11.1. The molecule has 0 aromatic carbocycles. The second kappa shape index (κ2) is 3.50. The molecule has 58 valence electrons. The van der Waals surface area contributed by atoms with Gasteiger partial charge in [0.2, 0.25) is 0 Å². The van der Waals surface area contributed by atoms with Crippen molar-refractivity contribution in [1.82, 2.24) is 0 Å². The maximum atomic E-state index is 2.57. The molecular formula is C8H16As2. The zero-order valence-electron chi connectivity index (χ0n) is 7.31. The van der Waals surface area contributed by atoms with Crippen molar-refractivity contribution < 1.29 is 0 Å². The topological polar surface area (TPSA) is 0 Å². The Labute approximate surface area is 71.9 Å². The summed E-state index contributed by atoms with van der Waals surface area (Å²) in [7, 11) is 0. The molecule has 10 heavy (non-hydrogen) atoms. The van der Waals surface area contributed by atoms with Gasteiger partial charge in [-0.2, -0.15) is 0 Å². The number of hydrogen-bond donors (Lipinski definition) is 0. The minimum atomic E-state index is -0.259. The molecule has 1 heterocycles. The van der Waals surface area contributed by atoms with Crippen molar-refractivity contribution >= 4 is 25.2 Å². The Morgan fingerprint density at radius 2 is 1.20 bits per heavy atom. The first-order valence-corrected chi connectivity index (χ1v) is 15.3. The Hall–Kier alpha value is 0.857. The SMILES string of the molecule is CC1=C(C)C[As](C)[As](C)C1. The van der Waals surface area contributed by atoms with Gasteiger partial charge in [-0.3, -0.25) is 0 Å². The van der Waals surface area contributed by atoms with Gasteiger partial charge in [0, 0.05) is 0 Å². The molecule has 0 nitrogen and oxygen atoms in total. The van der Waals surface area contributed by atoms with E-state index in [4.69, 9.17) is 0 Å². The van der Waals surface area contributed by atoms with Crippen LogP contribution >= 0.6 is 0 Å². The van der Waals surface area contributed by atoms with Crippen LogP contribution in [0.5, 0.6) is 0 Å². The molecule has 0 N–H and O–H groups in total. The van der Waals surface area contributed by atoms with Crippen LogP contribution in [0.25, 0.3) is 0 Å². The molecule has 0 saturated heterocycles. The van der Waals surface area contributed by atoms with Crippen LogP contribution in [-0.2, 0) is 0 Å². The standard InChI is InChI=1S/C8H16As2/c1-7-5-9(3)10(4)6-8(7)2/h5-6H2,1-4H3. The normalized spacial score (nSPS) is 34.8. The van der Waals surface area contributed by atoms with Crippen LogP contribution < -0.4 is 0 Å². The summed E-state index contributed by atoms with van der Waals surface area (Å²) in [6.45, 7) is 4.67. The van der Waals surface area contributed by atoms with E-state index < -0.39 is 0 Å². The van der Waals surface area contributed by atoms with Gasteiger partial charge in [0.05, 0.1) is 0 Å². The Bertz CT molecular complexity index is 143. The summed E-state index contributed by atoms with van der Waals surface area (Å²) >= 11 is -0.519. The van der Waals surface area contributed by atoms with Gasteiger partial charge >= 0.3 is 72.0 Å². The fourth-order valence-corrected chi connectivity index (χ4v) is 16.1. The molecule has 0 aromatic heterocycles. The van der Waals surface area contributed by atoms with Gasteiger partial charge in [0.25, 0.3) is 0 Å². The summed E-state index contributed by atoms with van der Waals surface area (Å²) in [5.41, 5.74) is 8.61. The van der Waals surface area contributed by atoms with Crippen molar-refractivity contribution in [3.8, 4) is 0 Å². The molecule has 1 aliphatic heterocycles. The van der Waals surface area contributed by atoms with Crippen LogP contribution in [0.1, 0.15) is 13.8 Å². The molecule has 0 radical (unpaired) electrons. The molecule has 0 fully saturated rings. The molecule has 2 heteroatoms. The molecule has 1 rings (SSSR count). The van der Waals surface area contributed by atoms with Crippen LogP contribution in [0.3, 0.4) is 0 Å². The molecule has 0 spiro atoms. The molecular weight excluding hydrogens is 246 g/mol. The molecule has 0 saturated carbocycles. The summed E-state index contributed by atoms with van der Waals surface area (Å²) < 4.78 is 0. The van der Waals surface area contributed by atoms with Crippen molar-refractivity contribution in [3.63, 3.8) is 0 Å². The van der Waals surface area contributed by atoms with Crippen molar-refractivity contribution in [3.05, 3.63) is 11.1 Å². The molecule has 0 amide bonds. The second-order valence-corrected chi connectivity index (χ2v) is 24.9. The molecule has 1 aliphatic rings. The maximum absolute atomic E-state index is 2.57. The molecule has 0 bridgehead atoms. The summed E-state index contributed by atoms with van der Waals surface area (Å²) in [4.78, 5) is 0. The summed E-state index contributed by atoms with van der Waals surface area (Å²) in [5.74, 6) is 0. The number of rotatable bonds is 0. The summed E-state index contributed by atoms with van der Waals surface area (Å²) in [5, 5.41) is 3.07. The van der Waals surface area contributed by atoms with Crippen molar-refractivity contribution in [2.45, 2.75) is 35.7 Å². The Morgan fingerprint density at radius 3 is 1.50 bits per heavy atom. The number of allylic oxidation sites excluding steroid dienone is 2. The van der Waals surface area contributed by atoms with E-state index in [1.165, 1.54) is 10.4 Å². The van der Waals surface area contributed by atoms with E-state index in [0.29, 0.717) is 0 Å². The van der Waals surface area contributed by atoms with E-state index in [0.717, 1.165) is 0 Å². The van der Waals surface area contributed by atoms with E-state index in [1.807, 2.05) is 0 Å². The fourth-order valence-electron chi connectivity index (χ4n) is 1.20. The summed E-state index contributed by atoms with van der Waals surface area (Å²) in [6, 6.07) is 0. The van der Waals surface area contributed by atoms with Crippen molar-refractivity contribution in [2.24, 2.45) is 0 Å². The van der Waals surface area contributed by atoms with Gasteiger partial charge in [-0.15, -0.1) is 0 Å².